The Morgan fingerprint density at radius 1 is 1.46 bits per heavy atom. The second-order valence-corrected chi connectivity index (χ2v) is 3.66. The van der Waals surface area contributed by atoms with Gasteiger partial charge in [0.05, 0.1) is 11.6 Å². The molecular weight excluding hydrogens is 160 g/mol. The van der Waals surface area contributed by atoms with E-state index in [1.54, 1.807) is 0 Å². The van der Waals surface area contributed by atoms with E-state index in [0.717, 1.165) is 18.7 Å². The van der Waals surface area contributed by atoms with Gasteiger partial charge in [-0.05, 0) is 24.7 Å². The van der Waals surface area contributed by atoms with E-state index in [1.165, 1.54) is 5.56 Å². The van der Waals surface area contributed by atoms with Crippen molar-refractivity contribution in [2.75, 3.05) is 20.1 Å². The Bertz CT molecular complexity index is 345. The lowest BCUT2D eigenvalue weighted by Crippen LogP contribution is -2.41. The molecule has 1 aliphatic rings. The van der Waals surface area contributed by atoms with Crippen molar-refractivity contribution in [1.29, 1.82) is 5.26 Å². The standard InChI is InChI=1S/C11H12N2/c1-13-7-11(8-13)10-4-2-3-9(5-10)6-12/h2-5,11H,7-8H2,1H3. The molecule has 2 nitrogen and oxygen atoms in total. The molecule has 1 fully saturated rings. The molecule has 1 aromatic carbocycles. The molecular formula is C11H12N2. The topological polar surface area (TPSA) is 27.0 Å². The highest BCUT2D eigenvalue weighted by atomic mass is 15.2. The van der Waals surface area contributed by atoms with E-state index in [0.29, 0.717) is 5.92 Å². The van der Waals surface area contributed by atoms with Gasteiger partial charge < -0.3 is 4.90 Å². The largest absolute Gasteiger partial charge is 0.305 e. The van der Waals surface area contributed by atoms with Crippen molar-refractivity contribution in [2.45, 2.75) is 5.92 Å². The summed E-state index contributed by atoms with van der Waals surface area (Å²) >= 11 is 0. The summed E-state index contributed by atoms with van der Waals surface area (Å²) in [6, 6.07) is 10.1. The quantitative estimate of drug-likeness (QED) is 0.643. The summed E-state index contributed by atoms with van der Waals surface area (Å²) in [5.41, 5.74) is 2.07. The van der Waals surface area contributed by atoms with Crippen LogP contribution in [0.4, 0.5) is 0 Å². The van der Waals surface area contributed by atoms with Crippen molar-refractivity contribution < 1.29 is 0 Å². The fourth-order valence-corrected chi connectivity index (χ4v) is 1.77. The highest BCUT2D eigenvalue weighted by Crippen LogP contribution is 2.25. The fraction of sp³-hybridized carbons (Fsp3) is 0.364. The van der Waals surface area contributed by atoms with Gasteiger partial charge in [0, 0.05) is 19.0 Å². The Labute approximate surface area is 78.4 Å². The van der Waals surface area contributed by atoms with Crippen LogP contribution in [0, 0.1) is 11.3 Å². The summed E-state index contributed by atoms with van der Waals surface area (Å²) in [7, 11) is 2.12. The van der Waals surface area contributed by atoms with Crippen molar-refractivity contribution in [3.63, 3.8) is 0 Å². The van der Waals surface area contributed by atoms with E-state index in [9.17, 15) is 0 Å². The van der Waals surface area contributed by atoms with E-state index in [4.69, 9.17) is 5.26 Å². The van der Waals surface area contributed by atoms with E-state index >= 15 is 0 Å². The number of rotatable bonds is 1. The van der Waals surface area contributed by atoms with Crippen molar-refractivity contribution in [3.05, 3.63) is 35.4 Å². The molecule has 2 rings (SSSR count). The van der Waals surface area contributed by atoms with Crippen LogP contribution >= 0.6 is 0 Å². The summed E-state index contributed by atoms with van der Waals surface area (Å²) in [5.74, 6) is 0.637. The first kappa shape index (κ1) is 8.28. The molecule has 0 spiro atoms. The highest BCUT2D eigenvalue weighted by molar-refractivity contribution is 5.35. The van der Waals surface area contributed by atoms with Crippen LogP contribution in [0.2, 0.25) is 0 Å². The third kappa shape index (κ3) is 1.56. The molecule has 0 aromatic heterocycles. The van der Waals surface area contributed by atoms with Crippen molar-refractivity contribution in [1.82, 2.24) is 4.90 Å². The highest BCUT2D eigenvalue weighted by Gasteiger charge is 2.24. The minimum absolute atomic E-state index is 0.637. The summed E-state index contributed by atoms with van der Waals surface area (Å²) < 4.78 is 0. The van der Waals surface area contributed by atoms with Crippen molar-refractivity contribution in [2.24, 2.45) is 0 Å². The average Bonchev–Trinajstić information content (AvgIpc) is 2.13. The molecule has 0 saturated carbocycles. The molecule has 1 aromatic rings. The zero-order valence-electron chi connectivity index (χ0n) is 7.70. The number of benzene rings is 1. The Balaban J connectivity index is 2.18. The molecule has 0 bridgehead atoms. The lowest BCUT2D eigenvalue weighted by molar-refractivity contribution is 0.190. The van der Waals surface area contributed by atoms with Crippen LogP contribution in [-0.2, 0) is 0 Å². The second-order valence-electron chi connectivity index (χ2n) is 3.66. The van der Waals surface area contributed by atoms with Gasteiger partial charge in [-0.25, -0.2) is 0 Å². The molecule has 1 heterocycles. The maximum atomic E-state index is 8.73. The summed E-state index contributed by atoms with van der Waals surface area (Å²) in [6.45, 7) is 2.24. The van der Waals surface area contributed by atoms with Crippen LogP contribution in [0.5, 0.6) is 0 Å². The number of nitriles is 1. The lowest BCUT2D eigenvalue weighted by atomic mass is 9.91. The zero-order chi connectivity index (χ0) is 9.26. The van der Waals surface area contributed by atoms with Gasteiger partial charge >= 0.3 is 0 Å². The Hall–Kier alpha value is -1.33. The number of likely N-dealkylation sites (tertiary alicyclic amines) is 1. The van der Waals surface area contributed by atoms with Crippen LogP contribution in [0.15, 0.2) is 24.3 Å². The SMILES string of the molecule is CN1CC(c2cccc(C#N)c2)C1. The van der Waals surface area contributed by atoms with Gasteiger partial charge in [0.15, 0.2) is 0 Å². The average molecular weight is 172 g/mol. The Morgan fingerprint density at radius 2 is 2.23 bits per heavy atom. The number of nitrogens with zero attached hydrogens (tertiary/aromatic N) is 2. The molecule has 0 atom stereocenters. The van der Waals surface area contributed by atoms with Crippen LogP contribution in [-0.4, -0.2) is 25.0 Å². The van der Waals surface area contributed by atoms with Gasteiger partial charge in [0.1, 0.15) is 0 Å². The molecule has 0 radical (unpaired) electrons. The molecule has 0 N–H and O–H groups in total. The van der Waals surface area contributed by atoms with Gasteiger partial charge in [0.25, 0.3) is 0 Å². The molecule has 66 valence electrons. The number of hydrogen-bond donors (Lipinski definition) is 0. The molecule has 2 heteroatoms. The summed E-state index contributed by atoms with van der Waals surface area (Å²) in [6.07, 6.45) is 0. The third-order valence-electron chi connectivity index (χ3n) is 2.55. The predicted molar refractivity (Wildman–Crippen MR) is 51.4 cm³/mol. The Kier molecular flexibility index (Phi) is 2.03. The zero-order valence-corrected chi connectivity index (χ0v) is 7.70. The second kappa shape index (κ2) is 3.20. The third-order valence-corrected chi connectivity index (χ3v) is 2.55. The van der Waals surface area contributed by atoms with Gasteiger partial charge in [-0.1, -0.05) is 12.1 Å². The van der Waals surface area contributed by atoms with Crippen LogP contribution in [0.25, 0.3) is 0 Å². The minimum Gasteiger partial charge on any atom is -0.305 e. The first-order chi connectivity index (χ1) is 6.29. The molecule has 13 heavy (non-hydrogen) atoms. The van der Waals surface area contributed by atoms with Gasteiger partial charge in [-0.2, -0.15) is 5.26 Å². The van der Waals surface area contributed by atoms with Crippen LogP contribution < -0.4 is 0 Å². The maximum absolute atomic E-state index is 8.73. The first-order valence-corrected chi connectivity index (χ1v) is 4.48. The van der Waals surface area contributed by atoms with Gasteiger partial charge in [-0.15, -0.1) is 0 Å². The molecule has 1 saturated heterocycles. The maximum Gasteiger partial charge on any atom is 0.0991 e. The van der Waals surface area contributed by atoms with Crippen LogP contribution in [0.1, 0.15) is 17.0 Å². The van der Waals surface area contributed by atoms with Gasteiger partial charge in [-0.3, -0.25) is 0 Å². The molecule has 0 unspecified atom stereocenters. The Morgan fingerprint density at radius 3 is 2.85 bits per heavy atom. The summed E-state index contributed by atoms with van der Waals surface area (Å²) in [5, 5.41) is 8.73. The van der Waals surface area contributed by atoms with E-state index in [-0.39, 0.29) is 0 Å². The summed E-state index contributed by atoms with van der Waals surface area (Å²) in [4.78, 5) is 2.28. The van der Waals surface area contributed by atoms with E-state index < -0.39 is 0 Å². The minimum atomic E-state index is 0.637. The fourth-order valence-electron chi connectivity index (χ4n) is 1.77. The lowest BCUT2D eigenvalue weighted by Gasteiger charge is -2.36. The van der Waals surface area contributed by atoms with Crippen molar-refractivity contribution in [3.8, 4) is 6.07 Å². The van der Waals surface area contributed by atoms with E-state index in [1.807, 2.05) is 18.2 Å². The first-order valence-electron chi connectivity index (χ1n) is 4.48. The van der Waals surface area contributed by atoms with Crippen LogP contribution in [0.3, 0.4) is 0 Å². The normalized spacial score (nSPS) is 17.8. The molecule has 0 amide bonds. The monoisotopic (exact) mass is 172 g/mol. The van der Waals surface area contributed by atoms with Gasteiger partial charge in [0.2, 0.25) is 0 Å². The van der Waals surface area contributed by atoms with Crippen molar-refractivity contribution >= 4 is 0 Å². The smallest absolute Gasteiger partial charge is 0.0991 e. The number of hydrogen-bond acceptors (Lipinski definition) is 2. The predicted octanol–water partition coefficient (Wildman–Crippen LogP) is 1.59. The molecule has 1 aliphatic heterocycles. The molecule has 0 aliphatic carbocycles. The van der Waals surface area contributed by atoms with E-state index in [2.05, 4.69) is 24.1 Å². The number of likely N-dealkylation sites (N-methyl/N-ethyl adjacent to an activating group) is 1.